The molecule has 0 heterocycles. The average molecular weight is 301 g/mol. The van der Waals surface area contributed by atoms with E-state index in [0.29, 0.717) is 5.56 Å². The first-order valence-corrected chi connectivity index (χ1v) is 6.93. The molecular weight excluding hydrogens is 282 g/mol. The van der Waals surface area contributed by atoms with Crippen molar-refractivity contribution in [3.63, 3.8) is 0 Å². The lowest BCUT2D eigenvalue weighted by Crippen LogP contribution is -2.46. The van der Waals surface area contributed by atoms with E-state index in [-0.39, 0.29) is 19.0 Å². The topological polar surface area (TPSA) is 78.8 Å². The molecule has 116 valence electrons. The second-order valence-corrected chi connectivity index (χ2v) is 5.23. The molecule has 5 nitrogen and oxygen atoms in total. The first-order valence-electron chi connectivity index (χ1n) is 6.93. The number of carbonyl (C=O) groups is 1. The molecule has 0 spiro atoms. The molecule has 0 bridgehead atoms. The van der Waals surface area contributed by atoms with Crippen LogP contribution in [0.3, 0.4) is 0 Å². The number of hydrogen-bond acceptors (Lipinski definition) is 4. The molecule has 2 aromatic carbocycles. The summed E-state index contributed by atoms with van der Waals surface area (Å²) in [4.78, 5) is 11.9. The van der Waals surface area contributed by atoms with Crippen LogP contribution in [0.15, 0.2) is 54.6 Å². The molecule has 0 aliphatic rings. The minimum atomic E-state index is -1.04. The smallest absolute Gasteiger partial charge is 0.408 e. The molecule has 0 aliphatic heterocycles. The van der Waals surface area contributed by atoms with Gasteiger partial charge in [0.25, 0.3) is 0 Å². The summed E-state index contributed by atoms with van der Waals surface area (Å²) in [5, 5.41) is 21.8. The van der Waals surface area contributed by atoms with Crippen LogP contribution < -0.4 is 5.32 Å². The van der Waals surface area contributed by atoms with Crippen molar-refractivity contribution in [2.75, 3.05) is 6.61 Å². The molecule has 0 aliphatic carbocycles. The number of rotatable bonds is 5. The fourth-order valence-corrected chi connectivity index (χ4v) is 2.04. The Labute approximate surface area is 129 Å². The molecule has 0 fully saturated rings. The number of nitrogens with one attached hydrogen (secondary N) is 1. The SMILES string of the molecule is CC(CO)(NC(=O)OCc1ccccc1)c1cccc(O)c1. The van der Waals surface area contributed by atoms with Gasteiger partial charge >= 0.3 is 6.09 Å². The van der Waals surface area contributed by atoms with Gasteiger partial charge in [-0.15, -0.1) is 0 Å². The molecule has 0 saturated carbocycles. The van der Waals surface area contributed by atoms with Crippen LogP contribution in [0, 0.1) is 0 Å². The molecule has 5 heteroatoms. The Morgan fingerprint density at radius 1 is 1.18 bits per heavy atom. The van der Waals surface area contributed by atoms with Gasteiger partial charge in [0.15, 0.2) is 0 Å². The van der Waals surface area contributed by atoms with Crippen LogP contribution in [0.4, 0.5) is 4.79 Å². The fourth-order valence-electron chi connectivity index (χ4n) is 2.04. The van der Waals surface area contributed by atoms with Gasteiger partial charge in [0.05, 0.1) is 12.1 Å². The maximum absolute atomic E-state index is 11.9. The molecule has 0 aromatic heterocycles. The van der Waals surface area contributed by atoms with Gasteiger partial charge in [0.1, 0.15) is 12.4 Å². The summed E-state index contributed by atoms with van der Waals surface area (Å²) in [6.45, 7) is 1.48. The molecule has 1 amide bonds. The summed E-state index contributed by atoms with van der Waals surface area (Å²) in [7, 11) is 0. The van der Waals surface area contributed by atoms with Crippen LogP contribution in [0.2, 0.25) is 0 Å². The minimum absolute atomic E-state index is 0.0663. The second-order valence-electron chi connectivity index (χ2n) is 5.23. The van der Waals surface area contributed by atoms with E-state index in [1.165, 1.54) is 12.1 Å². The van der Waals surface area contributed by atoms with Crippen LogP contribution in [-0.4, -0.2) is 22.9 Å². The Kier molecular flexibility index (Phi) is 5.01. The van der Waals surface area contributed by atoms with E-state index >= 15 is 0 Å². The van der Waals surface area contributed by atoms with E-state index in [4.69, 9.17) is 4.74 Å². The largest absolute Gasteiger partial charge is 0.508 e. The number of ether oxygens (including phenoxy) is 1. The number of alkyl carbamates (subject to hydrolysis) is 1. The number of carbonyl (C=O) groups excluding carboxylic acids is 1. The number of aliphatic hydroxyl groups excluding tert-OH is 1. The van der Waals surface area contributed by atoms with Crippen molar-refractivity contribution < 1.29 is 19.7 Å². The van der Waals surface area contributed by atoms with Crippen LogP contribution in [0.25, 0.3) is 0 Å². The van der Waals surface area contributed by atoms with Gasteiger partial charge in [0.2, 0.25) is 0 Å². The highest BCUT2D eigenvalue weighted by Crippen LogP contribution is 2.23. The highest BCUT2D eigenvalue weighted by molar-refractivity contribution is 5.68. The van der Waals surface area contributed by atoms with Crippen molar-refractivity contribution in [3.8, 4) is 5.75 Å². The Balaban J connectivity index is 2.01. The van der Waals surface area contributed by atoms with E-state index in [9.17, 15) is 15.0 Å². The van der Waals surface area contributed by atoms with Gasteiger partial charge in [-0.05, 0) is 30.2 Å². The van der Waals surface area contributed by atoms with Crippen molar-refractivity contribution in [1.29, 1.82) is 0 Å². The summed E-state index contributed by atoms with van der Waals surface area (Å²) in [5.74, 6) is 0.0663. The number of benzene rings is 2. The monoisotopic (exact) mass is 301 g/mol. The standard InChI is InChI=1S/C17H19NO4/c1-17(12-19,14-8-5-9-15(20)10-14)18-16(21)22-11-13-6-3-2-4-7-13/h2-10,19-20H,11-12H2,1H3,(H,18,21). The van der Waals surface area contributed by atoms with E-state index in [2.05, 4.69) is 5.32 Å². The Morgan fingerprint density at radius 2 is 1.91 bits per heavy atom. The van der Waals surface area contributed by atoms with Crippen LogP contribution in [0.1, 0.15) is 18.1 Å². The second kappa shape index (κ2) is 6.95. The van der Waals surface area contributed by atoms with Crippen LogP contribution in [0.5, 0.6) is 5.75 Å². The third kappa shape index (κ3) is 3.99. The lowest BCUT2D eigenvalue weighted by molar-refractivity contribution is 0.111. The number of aromatic hydroxyl groups is 1. The zero-order valence-corrected chi connectivity index (χ0v) is 12.3. The Hall–Kier alpha value is -2.53. The molecule has 0 saturated heterocycles. The summed E-state index contributed by atoms with van der Waals surface area (Å²) in [6, 6.07) is 15.7. The van der Waals surface area contributed by atoms with E-state index in [0.717, 1.165) is 5.56 Å². The first kappa shape index (κ1) is 15.9. The van der Waals surface area contributed by atoms with Gasteiger partial charge in [-0.1, -0.05) is 42.5 Å². The normalized spacial score (nSPS) is 13.2. The molecule has 22 heavy (non-hydrogen) atoms. The van der Waals surface area contributed by atoms with Gasteiger partial charge < -0.3 is 20.3 Å². The maximum atomic E-state index is 11.9. The van der Waals surface area contributed by atoms with Crippen LogP contribution >= 0.6 is 0 Å². The number of phenols is 1. The zero-order valence-electron chi connectivity index (χ0n) is 12.3. The van der Waals surface area contributed by atoms with Crippen molar-refractivity contribution in [3.05, 3.63) is 65.7 Å². The molecule has 2 rings (SSSR count). The Bertz CT molecular complexity index is 630. The third-order valence-electron chi connectivity index (χ3n) is 3.39. The quantitative estimate of drug-likeness (QED) is 0.793. The lowest BCUT2D eigenvalue weighted by atomic mass is 9.93. The van der Waals surface area contributed by atoms with E-state index < -0.39 is 11.6 Å². The maximum Gasteiger partial charge on any atom is 0.408 e. The van der Waals surface area contributed by atoms with Crippen molar-refractivity contribution >= 4 is 6.09 Å². The van der Waals surface area contributed by atoms with Gasteiger partial charge in [-0.3, -0.25) is 0 Å². The van der Waals surface area contributed by atoms with Gasteiger partial charge in [-0.2, -0.15) is 0 Å². The average Bonchev–Trinajstić information content (AvgIpc) is 2.54. The molecule has 3 N–H and O–H groups in total. The summed E-state index contributed by atoms with van der Waals surface area (Å²) < 4.78 is 5.15. The lowest BCUT2D eigenvalue weighted by Gasteiger charge is -2.28. The molecule has 1 atom stereocenters. The highest BCUT2D eigenvalue weighted by atomic mass is 16.5. The summed E-state index contributed by atoms with van der Waals surface area (Å²) >= 11 is 0. The summed E-state index contributed by atoms with van der Waals surface area (Å²) in [5.41, 5.74) is 0.430. The molecule has 0 radical (unpaired) electrons. The van der Waals surface area contributed by atoms with E-state index in [1.807, 2.05) is 30.3 Å². The predicted octanol–water partition coefficient (Wildman–Crippen LogP) is 2.53. The number of phenolic OH excluding ortho intramolecular Hbond substituents is 1. The minimum Gasteiger partial charge on any atom is -0.508 e. The zero-order chi connectivity index (χ0) is 16.0. The number of hydrogen-bond donors (Lipinski definition) is 3. The summed E-state index contributed by atoms with van der Waals surface area (Å²) in [6.07, 6.45) is -0.635. The van der Waals surface area contributed by atoms with Gasteiger partial charge in [-0.25, -0.2) is 4.79 Å². The fraction of sp³-hybridized carbons (Fsp3) is 0.235. The predicted molar refractivity (Wildman–Crippen MR) is 82.3 cm³/mol. The van der Waals surface area contributed by atoms with Gasteiger partial charge in [0, 0.05) is 0 Å². The number of aliphatic hydroxyl groups is 1. The highest BCUT2D eigenvalue weighted by Gasteiger charge is 2.28. The van der Waals surface area contributed by atoms with Crippen molar-refractivity contribution in [2.45, 2.75) is 19.1 Å². The van der Waals surface area contributed by atoms with Crippen LogP contribution in [-0.2, 0) is 16.9 Å². The Morgan fingerprint density at radius 3 is 2.55 bits per heavy atom. The van der Waals surface area contributed by atoms with Crippen molar-refractivity contribution in [2.24, 2.45) is 0 Å². The van der Waals surface area contributed by atoms with E-state index in [1.54, 1.807) is 19.1 Å². The molecular formula is C17H19NO4. The third-order valence-corrected chi connectivity index (χ3v) is 3.39. The van der Waals surface area contributed by atoms with Crippen molar-refractivity contribution in [1.82, 2.24) is 5.32 Å². The molecule has 1 unspecified atom stereocenters. The first-order chi connectivity index (χ1) is 10.5. The molecule has 2 aromatic rings. The number of amides is 1.